The van der Waals surface area contributed by atoms with Crippen LogP contribution in [0.3, 0.4) is 0 Å². The highest BCUT2D eigenvalue weighted by molar-refractivity contribution is 5.40. The second-order valence-corrected chi connectivity index (χ2v) is 4.91. The highest BCUT2D eigenvalue weighted by Gasteiger charge is 2.41. The fourth-order valence-electron chi connectivity index (χ4n) is 2.74. The van der Waals surface area contributed by atoms with E-state index in [2.05, 4.69) is 10.1 Å². The highest BCUT2D eigenvalue weighted by atomic mass is 16.3. The first-order chi connectivity index (χ1) is 8.60. The summed E-state index contributed by atoms with van der Waals surface area (Å²) in [4.78, 5) is 4.17. The zero-order chi connectivity index (χ0) is 12.8. The van der Waals surface area contributed by atoms with Crippen LogP contribution in [0.4, 0.5) is 0 Å². The summed E-state index contributed by atoms with van der Waals surface area (Å²) >= 11 is 0. The lowest BCUT2D eigenvalue weighted by Gasteiger charge is -2.23. The number of rotatable bonds is 2. The minimum atomic E-state index is -0.934. The molecule has 1 aromatic carbocycles. The van der Waals surface area contributed by atoms with Crippen molar-refractivity contribution in [1.82, 2.24) is 14.8 Å². The molecular formula is C13H16N4O. The number of nitrogens with zero attached hydrogens (tertiary/aromatic N) is 3. The number of fused-ring (bicyclic) bond motifs is 1. The Labute approximate surface area is 105 Å². The molecule has 0 saturated heterocycles. The van der Waals surface area contributed by atoms with Crippen LogP contribution in [-0.2, 0) is 19.1 Å². The van der Waals surface area contributed by atoms with E-state index in [0.29, 0.717) is 12.8 Å². The fourth-order valence-corrected chi connectivity index (χ4v) is 2.74. The van der Waals surface area contributed by atoms with Crippen molar-refractivity contribution < 1.29 is 5.11 Å². The predicted molar refractivity (Wildman–Crippen MR) is 66.6 cm³/mol. The number of hydrogen-bond donors (Lipinski definition) is 2. The minimum Gasteiger partial charge on any atom is -0.385 e. The molecule has 0 saturated carbocycles. The summed E-state index contributed by atoms with van der Waals surface area (Å²) in [5, 5.41) is 14.9. The molecule has 0 amide bonds. The molecular weight excluding hydrogens is 228 g/mol. The molecule has 5 heteroatoms. The normalized spacial score (nSPS) is 26.3. The molecule has 0 spiro atoms. The third-order valence-corrected chi connectivity index (χ3v) is 3.67. The van der Waals surface area contributed by atoms with Crippen LogP contribution < -0.4 is 5.73 Å². The van der Waals surface area contributed by atoms with E-state index >= 15 is 0 Å². The van der Waals surface area contributed by atoms with Crippen molar-refractivity contribution in [3.05, 3.63) is 47.5 Å². The van der Waals surface area contributed by atoms with Gasteiger partial charge in [0.15, 0.2) is 0 Å². The molecule has 2 aromatic rings. The number of aromatic nitrogens is 3. The predicted octanol–water partition coefficient (Wildman–Crippen LogP) is 0.649. The molecule has 5 nitrogen and oxygen atoms in total. The van der Waals surface area contributed by atoms with Gasteiger partial charge in [-0.1, -0.05) is 24.3 Å². The Hall–Kier alpha value is -1.72. The van der Waals surface area contributed by atoms with E-state index in [1.807, 2.05) is 31.3 Å². The van der Waals surface area contributed by atoms with Gasteiger partial charge in [0.1, 0.15) is 12.2 Å². The average molecular weight is 244 g/mol. The first-order valence-corrected chi connectivity index (χ1v) is 6.00. The molecule has 18 heavy (non-hydrogen) atoms. The van der Waals surface area contributed by atoms with Gasteiger partial charge in [0.2, 0.25) is 0 Å². The lowest BCUT2D eigenvalue weighted by atomic mass is 9.92. The van der Waals surface area contributed by atoms with Gasteiger partial charge < -0.3 is 10.8 Å². The van der Waals surface area contributed by atoms with Gasteiger partial charge in [0.25, 0.3) is 0 Å². The smallest absolute Gasteiger partial charge is 0.138 e. The zero-order valence-electron chi connectivity index (χ0n) is 10.2. The Balaban J connectivity index is 2.00. The summed E-state index contributed by atoms with van der Waals surface area (Å²) in [6, 6.07) is 7.69. The van der Waals surface area contributed by atoms with E-state index in [0.717, 1.165) is 17.0 Å². The molecule has 2 unspecified atom stereocenters. The van der Waals surface area contributed by atoms with Crippen molar-refractivity contribution >= 4 is 0 Å². The monoisotopic (exact) mass is 244 g/mol. The average Bonchev–Trinajstić information content (AvgIpc) is 2.84. The molecule has 3 N–H and O–H groups in total. The summed E-state index contributed by atoms with van der Waals surface area (Å²) in [5.41, 5.74) is 7.10. The van der Waals surface area contributed by atoms with Crippen molar-refractivity contribution in [1.29, 1.82) is 0 Å². The zero-order valence-corrected chi connectivity index (χ0v) is 10.2. The van der Waals surface area contributed by atoms with Crippen molar-refractivity contribution in [3.63, 3.8) is 0 Å². The SMILES string of the molecule is Cn1ncnc1CC1(O)CC(N)c2ccccc21. The number of nitrogens with two attached hydrogens (primary N) is 1. The summed E-state index contributed by atoms with van der Waals surface area (Å²) in [5.74, 6) is 0.765. The molecule has 3 rings (SSSR count). The first kappa shape index (κ1) is 11.4. The molecule has 1 heterocycles. The third kappa shape index (κ3) is 1.63. The van der Waals surface area contributed by atoms with Crippen LogP contribution in [-0.4, -0.2) is 19.9 Å². The van der Waals surface area contributed by atoms with Gasteiger partial charge in [-0.3, -0.25) is 4.68 Å². The second kappa shape index (κ2) is 3.90. The van der Waals surface area contributed by atoms with Crippen LogP contribution in [0.15, 0.2) is 30.6 Å². The van der Waals surface area contributed by atoms with E-state index in [4.69, 9.17) is 5.73 Å². The molecule has 0 fully saturated rings. The van der Waals surface area contributed by atoms with Gasteiger partial charge in [0, 0.05) is 25.9 Å². The molecule has 1 aliphatic carbocycles. The fraction of sp³-hybridized carbons (Fsp3) is 0.385. The summed E-state index contributed by atoms with van der Waals surface area (Å²) in [6.07, 6.45) is 2.47. The van der Waals surface area contributed by atoms with Crippen LogP contribution in [0, 0.1) is 0 Å². The number of benzene rings is 1. The number of aliphatic hydroxyl groups is 1. The summed E-state index contributed by atoms with van der Waals surface area (Å²) in [6.45, 7) is 0. The maximum Gasteiger partial charge on any atom is 0.138 e. The van der Waals surface area contributed by atoms with Crippen LogP contribution >= 0.6 is 0 Å². The van der Waals surface area contributed by atoms with Gasteiger partial charge in [0.05, 0.1) is 5.60 Å². The van der Waals surface area contributed by atoms with E-state index in [9.17, 15) is 5.11 Å². The van der Waals surface area contributed by atoms with Crippen molar-refractivity contribution in [3.8, 4) is 0 Å². The van der Waals surface area contributed by atoms with Crippen molar-refractivity contribution in [2.45, 2.75) is 24.5 Å². The maximum atomic E-state index is 10.8. The summed E-state index contributed by atoms with van der Waals surface area (Å²) in [7, 11) is 1.83. The third-order valence-electron chi connectivity index (χ3n) is 3.67. The second-order valence-electron chi connectivity index (χ2n) is 4.91. The molecule has 0 aliphatic heterocycles. The van der Waals surface area contributed by atoms with Gasteiger partial charge in [-0.2, -0.15) is 5.10 Å². The van der Waals surface area contributed by atoms with E-state index in [-0.39, 0.29) is 6.04 Å². The topological polar surface area (TPSA) is 77.0 Å². The van der Waals surface area contributed by atoms with Crippen molar-refractivity contribution in [2.24, 2.45) is 12.8 Å². The lowest BCUT2D eigenvalue weighted by Crippen LogP contribution is -2.28. The molecule has 94 valence electrons. The van der Waals surface area contributed by atoms with Gasteiger partial charge >= 0.3 is 0 Å². The molecule has 0 bridgehead atoms. The van der Waals surface area contributed by atoms with E-state index < -0.39 is 5.60 Å². The first-order valence-electron chi connectivity index (χ1n) is 6.00. The van der Waals surface area contributed by atoms with Crippen LogP contribution in [0.25, 0.3) is 0 Å². The Morgan fingerprint density at radius 2 is 2.28 bits per heavy atom. The maximum absolute atomic E-state index is 10.8. The Bertz CT molecular complexity index is 580. The van der Waals surface area contributed by atoms with Gasteiger partial charge in [-0.15, -0.1) is 0 Å². The molecule has 1 aliphatic rings. The Morgan fingerprint density at radius 1 is 1.50 bits per heavy atom. The molecule has 2 atom stereocenters. The van der Waals surface area contributed by atoms with Crippen LogP contribution in [0.1, 0.15) is 29.4 Å². The van der Waals surface area contributed by atoms with Crippen molar-refractivity contribution in [2.75, 3.05) is 0 Å². The quantitative estimate of drug-likeness (QED) is 0.813. The highest BCUT2D eigenvalue weighted by Crippen LogP contribution is 2.43. The minimum absolute atomic E-state index is 0.112. The van der Waals surface area contributed by atoms with Crippen LogP contribution in [0.5, 0.6) is 0 Å². The Kier molecular flexibility index (Phi) is 2.46. The molecule has 0 radical (unpaired) electrons. The summed E-state index contributed by atoms with van der Waals surface area (Å²) < 4.78 is 1.68. The van der Waals surface area contributed by atoms with E-state index in [1.54, 1.807) is 4.68 Å². The lowest BCUT2D eigenvalue weighted by molar-refractivity contribution is 0.0313. The Morgan fingerprint density at radius 3 is 3.00 bits per heavy atom. The van der Waals surface area contributed by atoms with Crippen LogP contribution in [0.2, 0.25) is 0 Å². The number of aryl methyl sites for hydroxylation is 1. The van der Waals surface area contributed by atoms with Gasteiger partial charge in [-0.25, -0.2) is 4.98 Å². The standard InChI is InChI=1S/C13H16N4O/c1-17-12(15-8-16-17)7-13(18)6-11(14)9-4-2-3-5-10(9)13/h2-5,8,11,18H,6-7,14H2,1H3. The molecule has 1 aromatic heterocycles. The largest absolute Gasteiger partial charge is 0.385 e. The van der Waals surface area contributed by atoms with E-state index in [1.165, 1.54) is 6.33 Å². The van der Waals surface area contributed by atoms with Gasteiger partial charge in [-0.05, 0) is 11.1 Å². The number of hydrogen-bond acceptors (Lipinski definition) is 4.